The lowest BCUT2D eigenvalue weighted by molar-refractivity contribution is 0.595. The molecule has 0 aromatic carbocycles. The quantitative estimate of drug-likeness (QED) is 0.825. The number of nitriles is 1. The van der Waals surface area contributed by atoms with Gasteiger partial charge >= 0.3 is 0 Å². The number of hydrogen-bond donors (Lipinski definition) is 1. The van der Waals surface area contributed by atoms with Gasteiger partial charge in [0.1, 0.15) is 11.8 Å². The Morgan fingerprint density at radius 2 is 2.41 bits per heavy atom. The maximum Gasteiger partial charge on any atom is 0.223 e. The molecule has 1 saturated heterocycles. The molecule has 0 aliphatic carbocycles. The summed E-state index contributed by atoms with van der Waals surface area (Å²) in [6.45, 7) is 0.522. The number of sulfone groups is 1. The third-order valence-electron chi connectivity index (χ3n) is 2.65. The molecule has 1 aromatic rings. The van der Waals surface area contributed by atoms with Crippen molar-refractivity contribution < 1.29 is 8.42 Å². The van der Waals surface area contributed by atoms with Gasteiger partial charge in [0.15, 0.2) is 9.84 Å². The van der Waals surface area contributed by atoms with Gasteiger partial charge in [0.2, 0.25) is 5.95 Å². The monoisotopic (exact) mass is 252 g/mol. The summed E-state index contributed by atoms with van der Waals surface area (Å²) < 4.78 is 22.5. The first-order valence-electron chi connectivity index (χ1n) is 5.26. The van der Waals surface area contributed by atoms with E-state index in [1.165, 1.54) is 12.3 Å². The number of hydrogen-bond acceptors (Lipinski definition) is 6. The number of rotatable bonds is 3. The number of aromatic nitrogens is 2. The predicted octanol–water partition coefficient (Wildman–Crippen LogP) is 0.195. The van der Waals surface area contributed by atoms with Gasteiger partial charge < -0.3 is 5.32 Å². The van der Waals surface area contributed by atoms with E-state index in [1.54, 1.807) is 0 Å². The minimum absolute atomic E-state index is 0.106. The second-order valence-electron chi connectivity index (χ2n) is 4.03. The molecular weight excluding hydrogens is 240 g/mol. The highest BCUT2D eigenvalue weighted by atomic mass is 32.2. The fourth-order valence-electron chi connectivity index (χ4n) is 1.77. The van der Waals surface area contributed by atoms with E-state index in [0.29, 0.717) is 24.6 Å². The van der Waals surface area contributed by atoms with Gasteiger partial charge in [-0.25, -0.2) is 18.4 Å². The van der Waals surface area contributed by atoms with Gasteiger partial charge in [-0.3, -0.25) is 0 Å². The van der Waals surface area contributed by atoms with Crippen LogP contribution in [0.25, 0.3) is 0 Å². The Bertz CT molecular complexity index is 550. The van der Waals surface area contributed by atoms with E-state index >= 15 is 0 Å². The first-order chi connectivity index (χ1) is 8.09. The van der Waals surface area contributed by atoms with Crippen LogP contribution >= 0.6 is 0 Å². The first-order valence-corrected chi connectivity index (χ1v) is 7.08. The number of nitrogens with zero attached hydrogens (tertiary/aromatic N) is 3. The molecule has 0 bridgehead atoms. The van der Waals surface area contributed by atoms with Crippen LogP contribution in [0.15, 0.2) is 12.3 Å². The van der Waals surface area contributed by atoms with Gasteiger partial charge in [-0.05, 0) is 18.4 Å². The summed E-state index contributed by atoms with van der Waals surface area (Å²) >= 11 is 0. The van der Waals surface area contributed by atoms with Crippen molar-refractivity contribution in [1.82, 2.24) is 9.97 Å². The van der Waals surface area contributed by atoms with Crippen LogP contribution in [0.5, 0.6) is 0 Å². The van der Waals surface area contributed by atoms with Crippen LogP contribution in [-0.4, -0.2) is 36.4 Å². The van der Waals surface area contributed by atoms with Gasteiger partial charge in [-0.1, -0.05) is 0 Å². The highest BCUT2D eigenvalue weighted by Crippen LogP contribution is 2.18. The van der Waals surface area contributed by atoms with Crippen LogP contribution < -0.4 is 5.32 Å². The van der Waals surface area contributed by atoms with E-state index < -0.39 is 9.84 Å². The molecule has 1 atom stereocenters. The van der Waals surface area contributed by atoms with Gasteiger partial charge in [-0.2, -0.15) is 5.26 Å². The second kappa shape index (κ2) is 4.67. The third kappa shape index (κ3) is 3.14. The van der Waals surface area contributed by atoms with E-state index in [9.17, 15) is 8.42 Å². The maximum absolute atomic E-state index is 11.3. The highest BCUT2D eigenvalue weighted by Gasteiger charge is 2.27. The lowest BCUT2D eigenvalue weighted by Crippen LogP contribution is -2.17. The van der Waals surface area contributed by atoms with Crippen LogP contribution in [0, 0.1) is 17.2 Å². The molecule has 17 heavy (non-hydrogen) atoms. The fourth-order valence-corrected chi connectivity index (χ4v) is 3.64. The van der Waals surface area contributed by atoms with Crippen LogP contribution in [0.2, 0.25) is 0 Å². The topological polar surface area (TPSA) is 95.7 Å². The Hall–Kier alpha value is -1.68. The molecule has 1 N–H and O–H groups in total. The molecule has 0 saturated carbocycles. The van der Waals surface area contributed by atoms with Crippen molar-refractivity contribution in [1.29, 1.82) is 5.26 Å². The molecule has 1 unspecified atom stereocenters. The van der Waals surface area contributed by atoms with Gasteiger partial charge in [0, 0.05) is 12.7 Å². The summed E-state index contributed by atoms with van der Waals surface area (Å²) in [4.78, 5) is 7.92. The van der Waals surface area contributed by atoms with Crippen molar-refractivity contribution in [2.45, 2.75) is 6.42 Å². The van der Waals surface area contributed by atoms with Gasteiger partial charge in [0.25, 0.3) is 0 Å². The summed E-state index contributed by atoms with van der Waals surface area (Å²) in [5.74, 6) is 0.957. The van der Waals surface area contributed by atoms with E-state index in [4.69, 9.17) is 5.26 Å². The average Bonchev–Trinajstić information content (AvgIpc) is 2.67. The molecule has 1 aliphatic rings. The van der Waals surface area contributed by atoms with Gasteiger partial charge in [-0.15, -0.1) is 0 Å². The number of nitrogens with one attached hydrogen (secondary N) is 1. The van der Waals surface area contributed by atoms with E-state index in [1.807, 2.05) is 6.07 Å². The second-order valence-corrected chi connectivity index (χ2v) is 6.26. The van der Waals surface area contributed by atoms with E-state index in [0.717, 1.165) is 0 Å². The molecule has 0 radical (unpaired) electrons. The third-order valence-corrected chi connectivity index (χ3v) is 4.48. The molecule has 0 spiro atoms. The van der Waals surface area contributed by atoms with Crippen LogP contribution in [0.1, 0.15) is 12.1 Å². The summed E-state index contributed by atoms with van der Waals surface area (Å²) in [6.07, 6.45) is 2.17. The Balaban J connectivity index is 1.93. The zero-order chi connectivity index (χ0) is 12.3. The molecule has 2 heterocycles. The Labute approximate surface area is 99.6 Å². The zero-order valence-corrected chi connectivity index (χ0v) is 9.94. The first kappa shape index (κ1) is 11.8. The standard InChI is InChI=1S/C10H12N4O2S/c11-5-9-1-3-12-10(14-9)13-6-8-2-4-17(15,16)7-8/h1,3,8H,2,4,6-7H2,(H,12,13,14). The van der Waals surface area contributed by atoms with Gasteiger partial charge in [0.05, 0.1) is 11.5 Å². The smallest absolute Gasteiger partial charge is 0.223 e. The van der Waals surface area contributed by atoms with Crippen molar-refractivity contribution in [3.63, 3.8) is 0 Å². The maximum atomic E-state index is 11.3. The molecule has 1 fully saturated rings. The van der Waals surface area contributed by atoms with E-state index in [2.05, 4.69) is 15.3 Å². The Morgan fingerprint density at radius 1 is 1.59 bits per heavy atom. The molecule has 6 nitrogen and oxygen atoms in total. The molecule has 2 rings (SSSR count). The van der Waals surface area contributed by atoms with Crippen molar-refractivity contribution in [2.24, 2.45) is 5.92 Å². The fraction of sp³-hybridized carbons (Fsp3) is 0.500. The predicted molar refractivity (Wildman–Crippen MR) is 62.0 cm³/mol. The summed E-state index contributed by atoms with van der Waals surface area (Å²) in [6, 6.07) is 3.44. The van der Waals surface area contributed by atoms with E-state index in [-0.39, 0.29) is 17.4 Å². The lowest BCUT2D eigenvalue weighted by Gasteiger charge is -2.08. The molecule has 7 heteroatoms. The molecule has 0 amide bonds. The van der Waals surface area contributed by atoms with Crippen LogP contribution in [0.3, 0.4) is 0 Å². The largest absolute Gasteiger partial charge is 0.354 e. The average molecular weight is 252 g/mol. The molecular formula is C10H12N4O2S. The van der Waals surface area contributed by atoms with Crippen molar-refractivity contribution in [3.05, 3.63) is 18.0 Å². The summed E-state index contributed by atoms with van der Waals surface area (Å²) in [7, 11) is -2.85. The van der Waals surface area contributed by atoms with Crippen molar-refractivity contribution >= 4 is 15.8 Å². The molecule has 1 aromatic heterocycles. The number of anilines is 1. The van der Waals surface area contributed by atoms with Crippen LogP contribution in [0.4, 0.5) is 5.95 Å². The molecule has 90 valence electrons. The minimum Gasteiger partial charge on any atom is -0.354 e. The van der Waals surface area contributed by atoms with Crippen LogP contribution in [-0.2, 0) is 9.84 Å². The SMILES string of the molecule is N#Cc1ccnc(NCC2CCS(=O)(=O)C2)n1. The summed E-state index contributed by atoms with van der Waals surface area (Å²) in [5, 5.41) is 11.6. The molecule has 1 aliphatic heterocycles. The minimum atomic E-state index is -2.85. The lowest BCUT2D eigenvalue weighted by atomic mass is 10.1. The normalized spacial score (nSPS) is 21.9. The summed E-state index contributed by atoms with van der Waals surface area (Å²) in [5.41, 5.74) is 0.293. The zero-order valence-electron chi connectivity index (χ0n) is 9.13. The van der Waals surface area contributed by atoms with Crippen molar-refractivity contribution in [3.8, 4) is 6.07 Å². The Morgan fingerprint density at radius 3 is 3.06 bits per heavy atom. The Kier molecular flexibility index (Phi) is 3.24. The highest BCUT2D eigenvalue weighted by molar-refractivity contribution is 7.91. The van der Waals surface area contributed by atoms with Crippen molar-refractivity contribution in [2.75, 3.05) is 23.4 Å².